The van der Waals surface area contributed by atoms with Gasteiger partial charge in [-0.05, 0) is 12.1 Å². The molecule has 0 spiro atoms. The van der Waals surface area contributed by atoms with Gasteiger partial charge in [-0.1, -0.05) is 12.1 Å². The summed E-state index contributed by atoms with van der Waals surface area (Å²) in [5, 5.41) is -0.150. The van der Waals surface area contributed by atoms with Crippen molar-refractivity contribution in [2.45, 2.75) is 11.8 Å². The van der Waals surface area contributed by atoms with Crippen LogP contribution in [0.15, 0.2) is 28.7 Å². The summed E-state index contributed by atoms with van der Waals surface area (Å²) in [7, 11) is 0. The molecule has 1 saturated heterocycles. The van der Waals surface area contributed by atoms with Gasteiger partial charge < -0.3 is 4.42 Å². The van der Waals surface area contributed by atoms with Crippen molar-refractivity contribution in [1.29, 1.82) is 0 Å². The van der Waals surface area contributed by atoms with Crippen molar-refractivity contribution in [2.75, 3.05) is 11.4 Å². The molecular weight excluding hydrogens is 228 g/mol. The van der Waals surface area contributed by atoms with Gasteiger partial charge in [0.2, 0.25) is 5.91 Å². The van der Waals surface area contributed by atoms with E-state index in [1.165, 1.54) is 4.90 Å². The molecule has 4 nitrogen and oxygen atoms in total. The number of fused-ring (bicyclic) bond motifs is 1. The van der Waals surface area contributed by atoms with Crippen LogP contribution in [0.25, 0.3) is 11.1 Å². The Labute approximate surface area is 96.8 Å². The molecule has 2 aromatic rings. The molecule has 16 heavy (non-hydrogen) atoms. The average Bonchev–Trinajstić information content (AvgIpc) is 2.81. The standard InChI is InChI=1S/C11H9ClN2O2/c12-7-5-10(15)14(6-7)11-13-8-3-1-2-4-9(8)16-11/h1-4,7H,5-6H2. The topological polar surface area (TPSA) is 46.3 Å². The van der Waals surface area contributed by atoms with Crippen LogP contribution in [-0.4, -0.2) is 22.8 Å². The molecule has 1 fully saturated rings. The Balaban J connectivity index is 2.03. The predicted octanol–water partition coefficient (Wildman–Crippen LogP) is 2.17. The fourth-order valence-electron chi connectivity index (χ4n) is 1.82. The first-order chi connectivity index (χ1) is 7.74. The lowest BCUT2D eigenvalue weighted by atomic mass is 10.3. The summed E-state index contributed by atoms with van der Waals surface area (Å²) in [6.45, 7) is 0.465. The molecule has 1 aromatic heterocycles. The molecule has 2 heterocycles. The third kappa shape index (κ3) is 1.46. The maximum atomic E-state index is 11.6. The van der Waals surface area contributed by atoms with E-state index < -0.39 is 0 Å². The van der Waals surface area contributed by atoms with Gasteiger partial charge in [-0.15, -0.1) is 11.6 Å². The highest BCUT2D eigenvalue weighted by atomic mass is 35.5. The number of benzene rings is 1. The van der Waals surface area contributed by atoms with E-state index in [1.54, 1.807) is 0 Å². The fraction of sp³-hybridized carbons (Fsp3) is 0.273. The highest BCUT2D eigenvalue weighted by molar-refractivity contribution is 6.24. The second kappa shape index (κ2) is 3.49. The van der Waals surface area contributed by atoms with E-state index in [0.717, 1.165) is 5.52 Å². The van der Waals surface area contributed by atoms with Gasteiger partial charge in [-0.25, -0.2) is 0 Å². The number of para-hydroxylation sites is 2. The lowest BCUT2D eigenvalue weighted by Crippen LogP contribution is -2.24. The SMILES string of the molecule is O=C1CC(Cl)CN1c1nc2ccccc2o1. The van der Waals surface area contributed by atoms with Gasteiger partial charge in [0, 0.05) is 13.0 Å². The number of halogens is 1. The molecular formula is C11H9ClN2O2. The number of alkyl halides is 1. The van der Waals surface area contributed by atoms with E-state index in [2.05, 4.69) is 4.98 Å². The van der Waals surface area contributed by atoms with Gasteiger partial charge in [-0.2, -0.15) is 4.98 Å². The van der Waals surface area contributed by atoms with Crippen molar-refractivity contribution in [3.05, 3.63) is 24.3 Å². The van der Waals surface area contributed by atoms with E-state index in [9.17, 15) is 4.79 Å². The van der Waals surface area contributed by atoms with Crippen LogP contribution in [0.2, 0.25) is 0 Å². The monoisotopic (exact) mass is 236 g/mol. The Kier molecular flexibility index (Phi) is 2.11. The smallest absolute Gasteiger partial charge is 0.305 e. The first-order valence-corrected chi connectivity index (χ1v) is 5.48. The third-order valence-corrected chi connectivity index (χ3v) is 2.88. The summed E-state index contributed by atoms with van der Waals surface area (Å²) in [6.07, 6.45) is 0.348. The van der Waals surface area contributed by atoms with Gasteiger partial charge in [0.05, 0.1) is 5.38 Å². The minimum atomic E-state index is -0.150. The lowest BCUT2D eigenvalue weighted by molar-refractivity contribution is -0.117. The Morgan fingerprint density at radius 2 is 2.25 bits per heavy atom. The summed E-state index contributed by atoms with van der Waals surface area (Å²) < 4.78 is 5.51. The van der Waals surface area contributed by atoms with Crippen LogP contribution in [0.5, 0.6) is 0 Å². The minimum Gasteiger partial charge on any atom is -0.423 e. The molecule has 3 rings (SSSR count). The Morgan fingerprint density at radius 1 is 1.44 bits per heavy atom. The minimum absolute atomic E-state index is 0.0356. The number of oxazole rings is 1. The normalized spacial score (nSPS) is 20.9. The van der Waals surface area contributed by atoms with E-state index >= 15 is 0 Å². The molecule has 5 heteroatoms. The van der Waals surface area contributed by atoms with Crippen LogP contribution in [0.1, 0.15) is 6.42 Å². The molecule has 1 aromatic carbocycles. The molecule has 0 aliphatic carbocycles. The molecule has 82 valence electrons. The molecule has 0 bridgehead atoms. The van der Waals surface area contributed by atoms with E-state index in [-0.39, 0.29) is 11.3 Å². The quantitative estimate of drug-likeness (QED) is 0.713. The summed E-state index contributed by atoms with van der Waals surface area (Å²) in [5.41, 5.74) is 1.44. The van der Waals surface area contributed by atoms with Crippen molar-refractivity contribution in [1.82, 2.24) is 4.98 Å². The number of rotatable bonds is 1. The first-order valence-electron chi connectivity index (χ1n) is 5.04. The summed E-state index contributed by atoms with van der Waals surface area (Å²) in [6, 6.07) is 7.76. The molecule has 1 aliphatic heterocycles. The predicted molar refractivity (Wildman–Crippen MR) is 60.6 cm³/mol. The van der Waals surface area contributed by atoms with Gasteiger partial charge in [0.1, 0.15) is 5.52 Å². The van der Waals surface area contributed by atoms with Crippen molar-refractivity contribution in [3.63, 3.8) is 0 Å². The second-order valence-corrected chi connectivity index (χ2v) is 4.39. The van der Waals surface area contributed by atoms with Crippen LogP contribution in [0, 0.1) is 0 Å². The van der Waals surface area contributed by atoms with Crippen molar-refractivity contribution < 1.29 is 9.21 Å². The number of hydrogen-bond donors (Lipinski definition) is 0. The average molecular weight is 237 g/mol. The highest BCUT2D eigenvalue weighted by Crippen LogP contribution is 2.26. The maximum absolute atomic E-state index is 11.6. The van der Waals surface area contributed by atoms with E-state index in [4.69, 9.17) is 16.0 Å². The molecule has 0 saturated carbocycles. The third-order valence-electron chi connectivity index (χ3n) is 2.59. The van der Waals surface area contributed by atoms with Crippen LogP contribution >= 0.6 is 11.6 Å². The van der Waals surface area contributed by atoms with Gasteiger partial charge in [-0.3, -0.25) is 9.69 Å². The van der Waals surface area contributed by atoms with Crippen molar-refractivity contribution >= 4 is 34.6 Å². The highest BCUT2D eigenvalue weighted by Gasteiger charge is 2.32. The number of amides is 1. The number of hydrogen-bond acceptors (Lipinski definition) is 3. The number of aromatic nitrogens is 1. The Hall–Kier alpha value is -1.55. The zero-order valence-electron chi connectivity index (χ0n) is 8.39. The molecule has 0 radical (unpaired) electrons. The van der Waals surface area contributed by atoms with Crippen LogP contribution < -0.4 is 4.90 Å². The Morgan fingerprint density at radius 3 is 2.94 bits per heavy atom. The summed E-state index contributed by atoms with van der Waals surface area (Å²) in [4.78, 5) is 17.4. The zero-order valence-corrected chi connectivity index (χ0v) is 9.15. The molecule has 1 unspecified atom stereocenters. The van der Waals surface area contributed by atoms with Crippen molar-refractivity contribution in [3.8, 4) is 0 Å². The largest absolute Gasteiger partial charge is 0.423 e. The van der Waals surface area contributed by atoms with Crippen LogP contribution in [-0.2, 0) is 4.79 Å². The molecule has 0 N–H and O–H groups in total. The first kappa shape index (κ1) is 9.66. The summed E-state index contributed by atoms with van der Waals surface area (Å²) in [5.74, 6) is -0.0356. The fourth-order valence-corrected chi connectivity index (χ4v) is 2.09. The lowest BCUT2D eigenvalue weighted by Gasteiger charge is -2.08. The zero-order chi connectivity index (χ0) is 11.1. The van der Waals surface area contributed by atoms with Crippen molar-refractivity contribution in [2.24, 2.45) is 0 Å². The van der Waals surface area contributed by atoms with Crippen LogP contribution in [0.4, 0.5) is 6.01 Å². The Bertz CT molecular complexity index is 519. The second-order valence-electron chi connectivity index (χ2n) is 3.77. The van der Waals surface area contributed by atoms with E-state index in [0.29, 0.717) is 24.6 Å². The van der Waals surface area contributed by atoms with Crippen LogP contribution in [0.3, 0.4) is 0 Å². The molecule has 1 atom stereocenters. The number of anilines is 1. The van der Waals surface area contributed by atoms with Gasteiger partial charge in [0.25, 0.3) is 0 Å². The van der Waals surface area contributed by atoms with Gasteiger partial charge >= 0.3 is 6.01 Å². The number of nitrogens with zero attached hydrogens (tertiary/aromatic N) is 2. The molecule has 1 amide bonds. The molecule has 1 aliphatic rings. The summed E-state index contributed by atoms with van der Waals surface area (Å²) >= 11 is 5.92. The maximum Gasteiger partial charge on any atom is 0.305 e. The number of carbonyl (C=O) groups excluding carboxylic acids is 1. The van der Waals surface area contributed by atoms with E-state index in [1.807, 2.05) is 24.3 Å². The van der Waals surface area contributed by atoms with Gasteiger partial charge in [0.15, 0.2) is 5.58 Å². The number of carbonyl (C=O) groups is 1.